The molecule has 1 aromatic rings. The summed E-state index contributed by atoms with van der Waals surface area (Å²) < 4.78 is 25.3. The van der Waals surface area contributed by atoms with Crippen molar-refractivity contribution in [2.75, 3.05) is 25.6 Å². The van der Waals surface area contributed by atoms with Crippen molar-refractivity contribution in [1.29, 1.82) is 0 Å². The van der Waals surface area contributed by atoms with Gasteiger partial charge in [-0.05, 0) is 52.5 Å². The lowest BCUT2D eigenvalue weighted by molar-refractivity contribution is -0.125. The van der Waals surface area contributed by atoms with Crippen molar-refractivity contribution < 1.29 is 23.5 Å². The van der Waals surface area contributed by atoms with Crippen molar-refractivity contribution in [2.24, 2.45) is 0 Å². The number of nitrogens with one attached hydrogen (secondary N) is 1. The number of nitrogens with zero attached hydrogens (tertiary/aromatic N) is 3. The average Bonchev–Trinajstić information content (AvgIpc) is 3.40. The van der Waals surface area contributed by atoms with Crippen LogP contribution in [0.15, 0.2) is 6.07 Å². The Labute approximate surface area is 176 Å². The topological polar surface area (TPSA) is 84.0 Å². The van der Waals surface area contributed by atoms with Crippen molar-refractivity contribution in [1.82, 2.24) is 15.2 Å². The second kappa shape index (κ2) is 8.65. The van der Waals surface area contributed by atoms with Gasteiger partial charge in [-0.1, -0.05) is 0 Å². The highest BCUT2D eigenvalue weighted by Crippen LogP contribution is 2.32. The van der Waals surface area contributed by atoms with Crippen LogP contribution in [0.1, 0.15) is 52.0 Å². The maximum absolute atomic E-state index is 14.6. The van der Waals surface area contributed by atoms with Crippen molar-refractivity contribution in [3.63, 3.8) is 0 Å². The second-order valence-electron chi connectivity index (χ2n) is 8.85. The Morgan fingerprint density at radius 3 is 2.63 bits per heavy atom. The molecule has 166 valence electrons. The number of carbonyl (C=O) groups excluding carboxylic acids is 2. The van der Waals surface area contributed by atoms with Gasteiger partial charge in [-0.2, -0.15) is 4.98 Å². The molecule has 1 aliphatic carbocycles. The van der Waals surface area contributed by atoms with E-state index in [9.17, 15) is 14.0 Å². The number of ether oxygens (including phenoxy) is 2. The normalized spacial score (nSPS) is 18.9. The van der Waals surface area contributed by atoms with E-state index in [0.717, 1.165) is 19.3 Å². The van der Waals surface area contributed by atoms with Crippen molar-refractivity contribution >= 4 is 17.8 Å². The highest BCUT2D eigenvalue weighted by atomic mass is 19.1. The molecule has 1 aromatic heterocycles. The molecule has 0 unspecified atom stereocenters. The van der Waals surface area contributed by atoms with Gasteiger partial charge in [0.15, 0.2) is 11.6 Å². The van der Waals surface area contributed by atoms with Crippen molar-refractivity contribution in [3.05, 3.63) is 17.4 Å². The summed E-state index contributed by atoms with van der Waals surface area (Å²) in [6, 6.07) is 1.05. The van der Waals surface area contributed by atoms with Crippen LogP contribution in [0.2, 0.25) is 0 Å². The Kier molecular flexibility index (Phi) is 6.38. The Balaban J connectivity index is 1.66. The average molecular weight is 423 g/mol. The van der Waals surface area contributed by atoms with Gasteiger partial charge < -0.3 is 19.7 Å². The molecule has 1 saturated carbocycles. The standard InChI is InChI=1S/C21H31FN4O4/c1-21(2,3)30-20(28)26-10-6-7-16(26)18(27)23-12-13-11-15(22)17(24-19(13)29-5)25(4)14-8-9-14/h11,14,16H,6-10,12H2,1-5H3,(H,23,27)/t16-/m0/s1. The molecule has 2 fully saturated rings. The summed E-state index contributed by atoms with van der Waals surface area (Å²) in [7, 11) is 3.28. The van der Waals surface area contributed by atoms with E-state index in [1.165, 1.54) is 18.1 Å². The first-order chi connectivity index (χ1) is 14.1. The van der Waals surface area contributed by atoms with Gasteiger partial charge in [0.1, 0.15) is 11.6 Å². The van der Waals surface area contributed by atoms with E-state index in [1.807, 2.05) is 11.9 Å². The van der Waals surface area contributed by atoms with Crippen LogP contribution in [0.4, 0.5) is 15.0 Å². The third-order valence-electron chi connectivity index (χ3n) is 5.26. The summed E-state index contributed by atoms with van der Waals surface area (Å²) in [5, 5.41) is 2.79. The van der Waals surface area contributed by atoms with Gasteiger partial charge in [0.05, 0.1) is 7.11 Å². The molecular formula is C21H31FN4O4. The zero-order chi connectivity index (χ0) is 22.1. The molecule has 0 radical (unpaired) electrons. The van der Waals surface area contributed by atoms with Crippen LogP contribution in [0, 0.1) is 5.82 Å². The monoisotopic (exact) mass is 422 g/mol. The molecule has 1 atom stereocenters. The molecule has 1 aliphatic heterocycles. The van der Waals surface area contributed by atoms with Crippen LogP contribution in [-0.2, 0) is 16.1 Å². The van der Waals surface area contributed by atoms with Crippen LogP contribution in [0.5, 0.6) is 5.88 Å². The SMILES string of the molecule is COc1nc(N(C)C2CC2)c(F)cc1CNC(=O)[C@@H]1CCCN1C(=O)OC(C)(C)C. The number of carbonyl (C=O) groups is 2. The number of methoxy groups -OCH3 is 1. The Morgan fingerprint density at radius 2 is 2.03 bits per heavy atom. The van der Waals surface area contributed by atoms with Crippen molar-refractivity contribution in [3.8, 4) is 5.88 Å². The van der Waals surface area contributed by atoms with Gasteiger partial charge in [-0.25, -0.2) is 9.18 Å². The molecule has 8 nitrogen and oxygen atoms in total. The fraction of sp³-hybridized carbons (Fsp3) is 0.667. The van der Waals surface area contributed by atoms with Gasteiger partial charge in [-0.3, -0.25) is 9.69 Å². The van der Waals surface area contributed by atoms with Gasteiger partial charge in [-0.15, -0.1) is 0 Å². The summed E-state index contributed by atoms with van der Waals surface area (Å²) in [5.41, 5.74) is -0.190. The predicted molar refractivity (Wildman–Crippen MR) is 110 cm³/mol. The number of anilines is 1. The molecule has 2 amide bonds. The molecule has 0 aromatic carbocycles. The number of rotatable bonds is 6. The number of halogens is 1. The van der Waals surface area contributed by atoms with Gasteiger partial charge in [0, 0.05) is 31.7 Å². The van der Waals surface area contributed by atoms with Gasteiger partial charge in [0.2, 0.25) is 11.8 Å². The van der Waals surface area contributed by atoms with Crippen LogP contribution < -0.4 is 15.0 Å². The van der Waals surface area contributed by atoms with E-state index < -0.39 is 23.6 Å². The number of hydrogen-bond donors (Lipinski definition) is 1. The summed E-state index contributed by atoms with van der Waals surface area (Å²) in [4.78, 5) is 32.7. The van der Waals surface area contributed by atoms with Crippen LogP contribution in [-0.4, -0.2) is 60.3 Å². The molecular weight excluding hydrogens is 391 g/mol. The summed E-state index contributed by atoms with van der Waals surface area (Å²) in [5.74, 6) is -0.239. The van der Waals surface area contributed by atoms with Gasteiger partial charge >= 0.3 is 6.09 Å². The molecule has 1 saturated heterocycles. The minimum absolute atomic E-state index is 0.0536. The predicted octanol–water partition coefficient (Wildman–Crippen LogP) is 2.84. The summed E-state index contributed by atoms with van der Waals surface area (Å²) in [6.45, 7) is 5.88. The smallest absolute Gasteiger partial charge is 0.410 e. The highest BCUT2D eigenvalue weighted by molar-refractivity contribution is 5.86. The Bertz CT molecular complexity index is 807. The first-order valence-corrected chi connectivity index (χ1v) is 10.3. The zero-order valence-corrected chi connectivity index (χ0v) is 18.3. The largest absolute Gasteiger partial charge is 0.481 e. The fourth-order valence-electron chi connectivity index (χ4n) is 3.56. The quantitative estimate of drug-likeness (QED) is 0.759. The van der Waals surface area contributed by atoms with E-state index in [-0.39, 0.29) is 24.1 Å². The van der Waals surface area contributed by atoms with Crippen LogP contribution >= 0.6 is 0 Å². The van der Waals surface area contributed by atoms with E-state index >= 15 is 0 Å². The maximum Gasteiger partial charge on any atom is 0.410 e. The fourth-order valence-corrected chi connectivity index (χ4v) is 3.56. The zero-order valence-electron chi connectivity index (χ0n) is 18.3. The number of hydrogen-bond acceptors (Lipinski definition) is 6. The minimum atomic E-state index is -0.632. The molecule has 2 heterocycles. The van der Waals surface area contributed by atoms with E-state index in [1.54, 1.807) is 20.8 Å². The van der Waals surface area contributed by atoms with E-state index in [2.05, 4.69) is 10.3 Å². The summed E-state index contributed by atoms with van der Waals surface area (Å²) >= 11 is 0. The highest BCUT2D eigenvalue weighted by Gasteiger charge is 2.36. The lowest BCUT2D eigenvalue weighted by atomic mass is 10.2. The number of likely N-dealkylation sites (tertiary alicyclic amines) is 1. The number of aromatic nitrogens is 1. The molecule has 2 aliphatic rings. The first kappa shape index (κ1) is 22.1. The maximum atomic E-state index is 14.6. The van der Waals surface area contributed by atoms with E-state index in [4.69, 9.17) is 9.47 Å². The first-order valence-electron chi connectivity index (χ1n) is 10.3. The molecule has 1 N–H and O–H groups in total. The molecule has 9 heteroatoms. The lowest BCUT2D eigenvalue weighted by Gasteiger charge is -2.28. The Hall–Kier alpha value is -2.58. The van der Waals surface area contributed by atoms with Crippen molar-refractivity contribution in [2.45, 2.75) is 70.7 Å². The van der Waals surface area contributed by atoms with Crippen LogP contribution in [0.3, 0.4) is 0 Å². The molecule has 3 rings (SSSR count). The third-order valence-corrected chi connectivity index (χ3v) is 5.26. The molecule has 0 bridgehead atoms. The molecule has 30 heavy (non-hydrogen) atoms. The van der Waals surface area contributed by atoms with Gasteiger partial charge in [0.25, 0.3) is 0 Å². The third kappa shape index (κ3) is 5.12. The van der Waals surface area contributed by atoms with Crippen LogP contribution in [0.25, 0.3) is 0 Å². The Morgan fingerprint density at radius 1 is 1.33 bits per heavy atom. The lowest BCUT2D eigenvalue weighted by Crippen LogP contribution is -2.47. The molecule has 0 spiro atoms. The minimum Gasteiger partial charge on any atom is -0.481 e. The second-order valence-corrected chi connectivity index (χ2v) is 8.85. The van der Waals surface area contributed by atoms with E-state index in [0.29, 0.717) is 24.6 Å². The summed E-state index contributed by atoms with van der Waals surface area (Å²) in [6.07, 6.45) is 2.82. The number of amides is 2. The number of pyridine rings is 1.